The monoisotopic (exact) mass is 595 g/mol. The number of aromatic amines is 1. The van der Waals surface area contributed by atoms with Crippen molar-refractivity contribution in [3.05, 3.63) is 105 Å². The predicted molar refractivity (Wildman–Crippen MR) is 159 cm³/mol. The summed E-state index contributed by atoms with van der Waals surface area (Å²) in [7, 11) is -3.26. The molecule has 206 valence electrons. The van der Waals surface area contributed by atoms with Gasteiger partial charge in [-0.15, -0.1) is 0 Å². The Labute approximate surface area is 242 Å². The molecule has 5 aromatic rings. The van der Waals surface area contributed by atoms with Crippen molar-refractivity contribution in [2.45, 2.75) is 25.6 Å². The van der Waals surface area contributed by atoms with Crippen LogP contribution < -0.4 is 5.32 Å². The van der Waals surface area contributed by atoms with Gasteiger partial charge in [0, 0.05) is 24.6 Å². The molecule has 40 heavy (non-hydrogen) atoms. The molecule has 2 heterocycles. The molecule has 0 aliphatic carbocycles. The smallest absolute Gasteiger partial charge is 0.254 e. The van der Waals surface area contributed by atoms with Gasteiger partial charge in [-0.05, 0) is 60.4 Å². The lowest BCUT2D eigenvalue weighted by Gasteiger charge is -2.17. The number of nitrogens with one attached hydrogen (secondary N) is 2. The molecule has 1 atom stereocenters. The van der Waals surface area contributed by atoms with Crippen LogP contribution >= 0.6 is 23.2 Å². The SMILES string of the molecule is Cc1cc2nc(C(CNC(=O)c3c(Cl)cc(-c4cnn(CS(C)(=O)=O)c4)cc3Cl)c3ccccc3)[nH]c2cc1C. The standard InChI is InChI=1S/C29H27Cl2N5O3S/c1-17-9-25-26(10-18(17)2)35-28(34-25)22(19-7-5-4-6-8-19)14-32-29(37)27-23(30)11-20(12-24(27)31)21-13-33-36(15-21)16-40(3,38)39/h4-13,15,22H,14,16H2,1-3H3,(H,32,37)(H,34,35). The van der Waals surface area contributed by atoms with E-state index in [9.17, 15) is 13.2 Å². The molecule has 8 nitrogen and oxygen atoms in total. The number of halogens is 2. The molecule has 2 N–H and O–H groups in total. The number of hydrogen-bond acceptors (Lipinski definition) is 5. The van der Waals surface area contributed by atoms with Gasteiger partial charge in [0.2, 0.25) is 0 Å². The third kappa shape index (κ3) is 6.06. The Morgan fingerprint density at radius 3 is 2.38 bits per heavy atom. The van der Waals surface area contributed by atoms with E-state index in [2.05, 4.69) is 41.4 Å². The fourth-order valence-electron chi connectivity index (χ4n) is 4.58. The predicted octanol–water partition coefficient (Wildman–Crippen LogP) is 5.91. The first-order chi connectivity index (χ1) is 19.0. The van der Waals surface area contributed by atoms with Gasteiger partial charge in [0.15, 0.2) is 9.84 Å². The highest BCUT2D eigenvalue weighted by atomic mass is 35.5. The molecule has 2 aromatic heterocycles. The number of carbonyl (C=O) groups is 1. The van der Waals surface area contributed by atoms with E-state index < -0.39 is 15.7 Å². The van der Waals surface area contributed by atoms with Crippen molar-refractivity contribution in [1.82, 2.24) is 25.1 Å². The van der Waals surface area contributed by atoms with E-state index in [1.165, 1.54) is 16.4 Å². The zero-order chi connectivity index (χ0) is 28.6. The van der Waals surface area contributed by atoms with E-state index in [1.54, 1.807) is 18.3 Å². The highest BCUT2D eigenvalue weighted by Gasteiger charge is 2.22. The Hall–Kier alpha value is -3.66. The number of rotatable bonds is 8. The van der Waals surface area contributed by atoms with Crippen LogP contribution in [-0.2, 0) is 15.7 Å². The zero-order valence-electron chi connectivity index (χ0n) is 22.1. The average molecular weight is 597 g/mol. The molecule has 0 radical (unpaired) electrons. The van der Waals surface area contributed by atoms with Gasteiger partial charge < -0.3 is 10.3 Å². The molecule has 5 rings (SSSR count). The zero-order valence-corrected chi connectivity index (χ0v) is 24.4. The van der Waals surface area contributed by atoms with Gasteiger partial charge in [0.05, 0.1) is 38.8 Å². The maximum absolute atomic E-state index is 13.3. The van der Waals surface area contributed by atoms with E-state index in [1.807, 2.05) is 30.3 Å². The number of imidazole rings is 1. The summed E-state index contributed by atoms with van der Waals surface area (Å²) in [6, 6.07) is 17.2. The van der Waals surface area contributed by atoms with Crippen molar-refractivity contribution in [2.75, 3.05) is 12.8 Å². The lowest BCUT2D eigenvalue weighted by molar-refractivity contribution is 0.0952. The highest BCUT2D eigenvalue weighted by Crippen LogP contribution is 2.32. The molecule has 3 aromatic carbocycles. The molecule has 0 saturated carbocycles. The molecule has 0 aliphatic heterocycles. The summed E-state index contributed by atoms with van der Waals surface area (Å²) in [5.74, 6) is -0.166. The lowest BCUT2D eigenvalue weighted by atomic mass is 9.98. The molecule has 0 fully saturated rings. The lowest BCUT2D eigenvalue weighted by Crippen LogP contribution is -2.29. The van der Waals surface area contributed by atoms with E-state index in [-0.39, 0.29) is 33.9 Å². The van der Waals surface area contributed by atoms with Crippen molar-refractivity contribution in [3.63, 3.8) is 0 Å². The topological polar surface area (TPSA) is 110 Å². The van der Waals surface area contributed by atoms with E-state index in [0.29, 0.717) is 11.1 Å². The normalized spacial score (nSPS) is 12.5. The second kappa shape index (κ2) is 11.1. The largest absolute Gasteiger partial charge is 0.351 e. The van der Waals surface area contributed by atoms with Gasteiger partial charge in [-0.1, -0.05) is 53.5 Å². The minimum atomic E-state index is -3.26. The van der Waals surface area contributed by atoms with Crippen LogP contribution in [0.15, 0.2) is 67.0 Å². The third-order valence-electron chi connectivity index (χ3n) is 6.72. The summed E-state index contributed by atoms with van der Waals surface area (Å²) < 4.78 is 24.5. The summed E-state index contributed by atoms with van der Waals surface area (Å²) >= 11 is 13.1. The van der Waals surface area contributed by atoms with Gasteiger partial charge >= 0.3 is 0 Å². The van der Waals surface area contributed by atoms with Crippen LogP contribution in [0, 0.1) is 13.8 Å². The summed E-state index contributed by atoms with van der Waals surface area (Å²) in [5.41, 5.74) is 6.51. The number of carbonyl (C=O) groups excluding carboxylic acids is 1. The molecular formula is C29H27Cl2N5O3S. The van der Waals surface area contributed by atoms with Gasteiger partial charge in [-0.25, -0.2) is 13.4 Å². The molecule has 1 unspecified atom stereocenters. The molecule has 0 aliphatic rings. The number of fused-ring (bicyclic) bond motifs is 1. The number of amides is 1. The molecular weight excluding hydrogens is 569 g/mol. The van der Waals surface area contributed by atoms with E-state index >= 15 is 0 Å². The van der Waals surface area contributed by atoms with Gasteiger partial charge in [-0.2, -0.15) is 5.10 Å². The first-order valence-corrected chi connectivity index (χ1v) is 15.3. The molecule has 11 heteroatoms. The number of aromatic nitrogens is 4. The first-order valence-electron chi connectivity index (χ1n) is 12.5. The van der Waals surface area contributed by atoms with Crippen LogP contribution in [0.2, 0.25) is 10.0 Å². The van der Waals surface area contributed by atoms with Gasteiger partial charge in [0.25, 0.3) is 5.91 Å². The summed E-state index contributed by atoms with van der Waals surface area (Å²) in [6.45, 7) is 4.37. The maximum atomic E-state index is 13.3. The Morgan fingerprint density at radius 2 is 1.70 bits per heavy atom. The summed E-state index contributed by atoms with van der Waals surface area (Å²) in [4.78, 5) is 21.6. The minimum Gasteiger partial charge on any atom is -0.351 e. The van der Waals surface area contributed by atoms with Crippen LogP contribution in [0.4, 0.5) is 0 Å². The van der Waals surface area contributed by atoms with Crippen LogP contribution in [0.25, 0.3) is 22.2 Å². The fourth-order valence-corrected chi connectivity index (χ4v) is 5.86. The minimum absolute atomic E-state index is 0.151. The number of nitrogens with zero attached hydrogens (tertiary/aromatic N) is 3. The van der Waals surface area contributed by atoms with E-state index in [4.69, 9.17) is 28.2 Å². The number of H-pyrrole nitrogens is 1. The van der Waals surface area contributed by atoms with Crippen molar-refractivity contribution < 1.29 is 13.2 Å². The van der Waals surface area contributed by atoms with Crippen molar-refractivity contribution >= 4 is 50.0 Å². The molecule has 0 bridgehead atoms. The maximum Gasteiger partial charge on any atom is 0.254 e. The Morgan fingerprint density at radius 1 is 1.02 bits per heavy atom. The Balaban J connectivity index is 1.40. The number of sulfone groups is 1. The van der Waals surface area contributed by atoms with Gasteiger partial charge in [-0.3, -0.25) is 9.48 Å². The van der Waals surface area contributed by atoms with Gasteiger partial charge in [0.1, 0.15) is 11.7 Å². The molecule has 0 saturated heterocycles. The second-order valence-electron chi connectivity index (χ2n) is 9.89. The molecule has 0 spiro atoms. The van der Waals surface area contributed by atoms with Crippen LogP contribution in [-0.4, -0.2) is 46.9 Å². The van der Waals surface area contributed by atoms with Crippen LogP contribution in [0.3, 0.4) is 0 Å². The number of hydrogen-bond donors (Lipinski definition) is 2. The number of benzene rings is 3. The quantitative estimate of drug-likeness (QED) is 0.231. The van der Waals surface area contributed by atoms with Crippen LogP contribution in [0.1, 0.15) is 38.8 Å². The summed E-state index contributed by atoms with van der Waals surface area (Å²) in [5, 5.41) is 7.41. The Bertz CT molecular complexity index is 1770. The molecule has 1 amide bonds. The van der Waals surface area contributed by atoms with Crippen molar-refractivity contribution in [2.24, 2.45) is 0 Å². The first kappa shape index (κ1) is 27.9. The van der Waals surface area contributed by atoms with Crippen molar-refractivity contribution in [3.8, 4) is 11.1 Å². The van der Waals surface area contributed by atoms with Crippen molar-refractivity contribution in [1.29, 1.82) is 0 Å². The number of aryl methyl sites for hydroxylation is 2. The second-order valence-corrected chi connectivity index (χ2v) is 12.8. The summed E-state index contributed by atoms with van der Waals surface area (Å²) in [6.07, 6.45) is 4.24. The highest BCUT2D eigenvalue weighted by molar-refractivity contribution is 7.89. The van der Waals surface area contributed by atoms with Crippen LogP contribution in [0.5, 0.6) is 0 Å². The average Bonchev–Trinajstić information content (AvgIpc) is 3.50. The fraction of sp³-hybridized carbons (Fsp3) is 0.207. The van der Waals surface area contributed by atoms with E-state index in [0.717, 1.165) is 34.2 Å². The third-order valence-corrected chi connectivity index (χ3v) is 8.05. The Kier molecular flexibility index (Phi) is 7.72.